The molecule has 0 fully saturated rings. The first-order valence-corrected chi connectivity index (χ1v) is 8.69. The minimum atomic E-state index is -0.807. The topological polar surface area (TPSA) is 65.0 Å². The van der Waals surface area contributed by atoms with Gasteiger partial charge in [0.05, 0.1) is 23.9 Å². The van der Waals surface area contributed by atoms with Crippen LogP contribution in [0.5, 0.6) is 0 Å². The van der Waals surface area contributed by atoms with Crippen LogP contribution in [0.3, 0.4) is 0 Å². The van der Waals surface area contributed by atoms with Gasteiger partial charge in [0.2, 0.25) is 5.28 Å². The molecule has 140 valence electrons. The number of carbonyl (C=O) groups excluding carboxylic acids is 1. The lowest BCUT2D eigenvalue weighted by Gasteiger charge is -2.16. The number of esters is 1. The number of carbonyl (C=O) groups is 1. The minimum absolute atomic E-state index is 0.0889. The van der Waals surface area contributed by atoms with Crippen molar-refractivity contribution >= 4 is 28.5 Å². The number of ether oxygens (including phenoxy) is 1. The molecule has 0 aliphatic heterocycles. The number of hydrogen-bond acceptors (Lipinski definition) is 5. The zero-order chi connectivity index (χ0) is 19.7. The summed E-state index contributed by atoms with van der Waals surface area (Å²) in [5.74, 6) is -2.12. The molecule has 0 bridgehead atoms. The van der Waals surface area contributed by atoms with Crippen LogP contribution in [-0.2, 0) is 4.74 Å². The summed E-state index contributed by atoms with van der Waals surface area (Å²) in [6, 6.07) is 2.61. The highest BCUT2D eigenvalue weighted by molar-refractivity contribution is 6.28. The number of fused-ring (bicyclic) bond motifs is 1. The Labute approximate surface area is 159 Å². The molecule has 2 aromatic heterocycles. The molecule has 0 aliphatic carbocycles. The van der Waals surface area contributed by atoms with E-state index in [0.29, 0.717) is 16.5 Å². The Bertz CT molecular complexity index is 1040. The van der Waals surface area contributed by atoms with E-state index in [4.69, 9.17) is 16.3 Å². The Hall–Kier alpha value is -2.67. The van der Waals surface area contributed by atoms with E-state index in [9.17, 15) is 13.6 Å². The lowest BCUT2D eigenvalue weighted by atomic mass is 9.92. The van der Waals surface area contributed by atoms with E-state index in [2.05, 4.69) is 15.0 Å². The summed E-state index contributed by atoms with van der Waals surface area (Å²) in [6.07, 6.45) is 2.25. The number of hydrogen-bond donors (Lipinski definition) is 0. The number of rotatable bonds is 4. The normalized spacial score (nSPS) is 11.2. The second-order valence-electron chi connectivity index (χ2n) is 6.15. The second kappa shape index (κ2) is 7.52. The Morgan fingerprint density at radius 3 is 2.59 bits per heavy atom. The van der Waals surface area contributed by atoms with Gasteiger partial charge in [0.15, 0.2) is 5.82 Å². The van der Waals surface area contributed by atoms with Crippen LogP contribution in [-0.4, -0.2) is 27.5 Å². The second-order valence-corrected chi connectivity index (χ2v) is 6.48. The lowest BCUT2D eigenvalue weighted by Crippen LogP contribution is -2.11. The van der Waals surface area contributed by atoms with Crippen LogP contribution >= 0.6 is 11.6 Å². The van der Waals surface area contributed by atoms with Gasteiger partial charge >= 0.3 is 5.97 Å². The van der Waals surface area contributed by atoms with Crippen LogP contribution < -0.4 is 0 Å². The summed E-state index contributed by atoms with van der Waals surface area (Å²) in [5, 5.41) is 0.314. The molecule has 0 N–H and O–H groups in total. The highest BCUT2D eigenvalue weighted by Gasteiger charge is 2.22. The SMILES string of the molecule is CCOC(=O)c1cnc2cc(F)c(-c3nc(Cl)ncc3F)cc2c1C(C)C. The van der Waals surface area contributed by atoms with Gasteiger partial charge in [-0.1, -0.05) is 13.8 Å². The fourth-order valence-corrected chi connectivity index (χ4v) is 3.08. The first-order chi connectivity index (χ1) is 12.8. The predicted octanol–water partition coefficient (Wildman–Crippen LogP) is 4.92. The maximum Gasteiger partial charge on any atom is 0.340 e. The Kier molecular flexibility index (Phi) is 5.32. The fourth-order valence-electron chi connectivity index (χ4n) is 2.94. The lowest BCUT2D eigenvalue weighted by molar-refractivity contribution is 0.0524. The third kappa shape index (κ3) is 3.60. The zero-order valence-corrected chi connectivity index (χ0v) is 15.6. The Balaban J connectivity index is 2.33. The van der Waals surface area contributed by atoms with Crippen LogP contribution in [0.1, 0.15) is 42.6 Å². The molecule has 1 aromatic carbocycles. The van der Waals surface area contributed by atoms with Gasteiger partial charge in [0.25, 0.3) is 0 Å². The maximum atomic E-state index is 14.6. The van der Waals surface area contributed by atoms with Gasteiger partial charge < -0.3 is 4.74 Å². The van der Waals surface area contributed by atoms with Crippen molar-refractivity contribution in [1.82, 2.24) is 15.0 Å². The predicted molar refractivity (Wildman–Crippen MR) is 97.7 cm³/mol. The van der Waals surface area contributed by atoms with Gasteiger partial charge in [-0.2, -0.15) is 0 Å². The van der Waals surface area contributed by atoms with E-state index in [1.807, 2.05) is 13.8 Å². The summed E-state index contributed by atoms with van der Waals surface area (Å²) in [5.41, 5.74) is 0.923. The minimum Gasteiger partial charge on any atom is -0.462 e. The molecular weight excluding hydrogens is 376 g/mol. The number of pyridine rings is 1. The van der Waals surface area contributed by atoms with E-state index >= 15 is 0 Å². The molecule has 0 saturated carbocycles. The van der Waals surface area contributed by atoms with Crippen molar-refractivity contribution in [3.05, 3.63) is 52.6 Å². The van der Waals surface area contributed by atoms with E-state index < -0.39 is 17.6 Å². The summed E-state index contributed by atoms with van der Waals surface area (Å²) in [7, 11) is 0. The molecule has 0 atom stereocenters. The first kappa shape index (κ1) is 19.1. The molecule has 3 rings (SSSR count). The van der Waals surface area contributed by atoms with E-state index in [-0.39, 0.29) is 34.6 Å². The third-order valence-corrected chi connectivity index (χ3v) is 4.22. The van der Waals surface area contributed by atoms with Crippen molar-refractivity contribution < 1.29 is 18.3 Å². The molecule has 2 heterocycles. The molecule has 0 amide bonds. The van der Waals surface area contributed by atoms with Gasteiger partial charge in [0, 0.05) is 23.2 Å². The maximum absolute atomic E-state index is 14.6. The molecule has 0 radical (unpaired) electrons. The largest absolute Gasteiger partial charge is 0.462 e. The van der Waals surface area contributed by atoms with Gasteiger partial charge in [-0.05, 0) is 36.1 Å². The third-order valence-electron chi connectivity index (χ3n) is 4.04. The molecule has 0 unspecified atom stereocenters. The summed E-state index contributed by atoms with van der Waals surface area (Å²) < 4.78 is 33.9. The molecule has 5 nitrogen and oxygen atoms in total. The van der Waals surface area contributed by atoms with Gasteiger partial charge in [0.1, 0.15) is 11.5 Å². The standard InChI is InChI=1S/C19H16ClF2N3O2/c1-4-27-18(26)12-7-23-15-6-13(21)10(5-11(15)16(12)9(2)3)17-14(22)8-24-19(20)25-17/h5-9H,4H2,1-3H3. The molecule has 0 saturated heterocycles. The first-order valence-electron chi connectivity index (χ1n) is 8.31. The molecular formula is C19H16ClF2N3O2. The molecule has 27 heavy (non-hydrogen) atoms. The number of nitrogens with zero attached hydrogens (tertiary/aromatic N) is 3. The van der Waals surface area contributed by atoms with Crippen LogP contribution in [0.25, 0.3) is 22.2 Å². The average molecular weight is 392 g/mol. The van der Waals surface area contributed by atoms with E-state index in [0.717, 1.165) is 6.20 Å². The van der Waals surface area contributed by atoms with E-state index in [1.165, 1.54) is 18.3 Å². The monoisotopic (exact) mass is 391 g/mol. The van der Waals surface area contributed by atoms with Gasteiger partial charge in [-0.25, -0.2) is 23.5 Å². The number of aromatic nitrogens is 3. The van der Waals surface area contributed by atoms with Crippen molar-refractivity contribution in [2.45, 2.75) is 26.7 Å². The Morgan fingerprint density at radius 2 is 1.93 bits per heavy atom. The van der Waals surface area contributed by atoms with Crippen molar-refractivity contribution in [1.29, 1.82) is 0 Å². The zero-order valence-electron chi connectivity index (χ0n) is 14.9. The van der Waals surface area contributed by atoms with Crippen LogP contribution in [0.15, 0.2) is 24.5 Å². The number of halogens is 3. The molecule has 8 heteroatoms. The van der Waals surface area contributed by atoms with Gasteiger partial charge in [-0.3, -0.25) is 4.98 Å². The molecule has 0 spiro atoms. The van der Waals surface area contributed by atoms with Crippen molar-refractivity contribution in [2.75, 3.05) is 6.61 Å². The van der Waals surface area contributed by atoms with Crippen molar-refractivity contribution in [3.63, 3.8) is 0 Å². The molecule has 0 aliphatic rings. The van der Waals surface area contributed by atoms with Crippen LogP contribution in [0.4, 0.5) is 8.78 Å². The van der Waals surface area contributed by atoms with E-state index in [1.54, 1.807) is 6.92 Å². The summed E-state index contributed by atoms with van der Waals surface area (Å²) in [4.78, 5) is 23.8. The highest BCUT2D eigenvalue weighted by atomic mass is 35.5. The van der Waals surface area contributed by atoms with Gasteiger partial charge in [-0.15, -0.1) is 0 Å². The fraction of sp³-hybridized carbons (Fsp3) is 0.263. The number of benzene rings is 1. The van der Waals surface area contributed by atoms with Crippen LogP contribution in [0.2, 0.25) is 5.28 Å². The van der Waals surface area contributed by atoms with Crippen molar-refractivity contribution in [3.8, 4) is 11.3 Å². The van der Waals surface area contributed by atoms with Crippen LogP contribution in [0, 0.1) is 11.6 Å². The quantitative estimate of drug-likeness (QED) is 0.466. The summed E-state index contributed by atoms with van der Waals surface area (Å²) >= 11 is 5.74. The molecule has 3 aromatic rings. The Morgan fingerprint density at radius 1 is 1.19 bits per heavy atom. The average Bonchev–Trinajstić information content (AvgIpc) is 2.62. The smallest absolute Gasteiger partial charge is 0.340 e. The van der Waals surface area contributed by atoms with Crippen molar-refractivity contribution in [2.24, 2.45) is 0 Å². The highest BCUT2D eigenvalue weighted by Crippen LogP contribution is 2.33. The summed E-state index contributed by atoms with van der Waals surface area (Å²) in [6.45, 7) is 5.70.